The number of nitrogens with zero attached hydrogens (tertiary/aromatic N) is 1. The van der Waals surface area contributed by atoms with E-state index >= 15 is 0 Å². The van der Waals surface area contributed by atoms with E-state index in [-0.39, 0.29) is 10.9 Å². The third-order valence-corrected chi connectivity index (χ3v) is 6.16. The highest BCUT2D eigenvalue weighted by Gasteiger charge is 2.37. The molecule has 1 aliphatic rings. The van der Waals surface area contributed by atoms with Gasteiger partial charge in [0.1, 0.15) is 16.4 Å². The van der Waals surface area contributed by atoms with Gasteiger partial charge in [-0.3, -0.25) is 4.31 Å². The first-order chi connectivity index (χ1) is 12.0. The number of anilines is 1. The molecule has 1 aliphatic heterocycles. The van der Waals surface area contributed by atoms with Gasteiger partial charge in [0, 0.05) is 12.1 Å². The molecule has 0 radical (unpaired) electrons. The van der Waals surface area contributed by atoms with Crippen molar-refractivity contribution >= 4 is 15.7 Å². The van der Waals surface area contributed by atoms with Crippen LogP contribution in [0.1, 0.15) is 26.3 Å². The van der Waals surface area contributed by atoms with Gasteiger partial charge in [0.15, 0.2) is 0 Å². The zero-order valence-corrected chi connectivity index (χ0v) is 15.5. The Balaban J connectivity index is 2.12. The van der Waals surface area contributed by atoms with E-state index < -0.39 is 10.0 Å². The minimum atomic E-state index is -3.77. The van der Waals surface area contributed by atoms with E-state index in [0.717, 1.165) is 11.3 Å². The molecular weight excluding hydrogens is 338 g/mol. The summed E-state index contributed by atoms with van der Waals surface area (Å²) < 4.78 is 39.5. The monoisotopic (exact) mass is 361 g/mol. The molecule has 6 heteroatoms. The van der Waals surface area contributed by atoms with Crippen LogP contribution in [0.3, 0.4) is 0 Å². The van der Waals surface area contributed by atoms with E-state index in [1.54, 1.807) is 18.2 Å². The third-order valence-electron chi connectivity index (χ3n) is 4.21. The summed E-state index contributed by atoms with van der Waals surface area (Å²) in [6.45, 7) is 6.48. The number of hydrogen-bond acceptors (Lipinski definition) is 4. The van der Waals surface area contributed by atoms with Crippen molar-refractivity contribution in [3.05, 3.63) is 48.0 Å². The highest BCUT2D eigenvalue weighted by atomic mass is 32.2. The molecule has 5 nitrogen and oxygen atoms in total. The van der Waals surface area contributed by atoms with Gasteiger partial charge < -0.3 is 9.47 Å². The summed E-state index contributed by atoms with van der Waals surface area (Å²) in [6, 6.07) is 12.4. The van der Waals surface area contributed by atoms with Gasteiger partial charge in [-0.25, -0.2) is 8.42 Å². The van der Waals surface area contributed by atoms with Crippen molar-refractivity contribution in [3.8, 4) is 11.5 Å². The molecule has 0 saturated heterocycles. The Morgan fingerprint density at radius 1 is 1.08 bits per heavy atom. The van der Waals surface area contributed by atoms with Crippen molar-refractivity contribution < 1.29 is 17.9 Å². The molecule has 25 heavy (non-hydrogen) atoms. The van der Waals surface area contributed by atoms with Crippen LogP contribution in [0.15, 0.2) is 47.4 Å². The van der Waals surface area contributed by atoms with Crippen molar-refractivity contribution in [3.63, 3.8) is 0 Å². The molecule has 0 unspecified atom stereocenters. The van der Waals surface area contributed by atoms with Gasteiger partial charge in [-0.1, -0.05) is 18.2 Å². The Bertz CT molecular complexity index is 863. The summed E-state index contributed by atoms with van der Waals surface area (Å²) in [4.78, 5) is 0.142. The van der Waals surface area contributed by atoms with Crippen LogP contribution in [0.4, 0.5) is 5.69 Å². The summed E-state index contributed by atoms with van der Waals surface area (Å²) in [5.74, 6) is 0.868. The Labute approximate surface area is 149 Å². The first-order valence-electron chi connectivity index (χ1n) is 8.51. The van der Waals surface area contributed by atoms with Crippen LogP contribution < -0.4 is 13.8 Å². The average Bonchev–Trinajstić information content (AvgIpc) is 2.93. The van der Waals surface area contributed by atoms with E-state index in [2.05, 4.69) is 0 Å². The summed E-state index contributed by atoms with van der Waals surface area (Å²) >= 11 is 0. The summed E-state index contributed by atoms with van der Waals surface area (Å²) in [5.41, 5.74) is 1.77. The van der Waals surface area contributed by atoms with E-state index in [1.165, 1.54) is 4.31 Å². The highest BCUT2D eigenvalue weighted by molar-refractivity contribution is 7.93. The van der Waals surface area contributed by atoms with Crippen molar-refractivity contribution in [2.45, 2.75) is 38.1 Å². The van der Waals surface area contributed by atoms with E-state index in [4.69, 9.17) is 9.47 Å². The molecule has 2 aromatic carbocycles. The van der Waals surface area contributed by atoms with E-state index in [1.807, 2.05) is 45.0 Å². The molecule has 0 bridgehead atoms. The lowest BCUT2D eigenvalue weighted by Crippen LogP contribution is -2.36. The Morgan fingerprint density at radius 2 is 1.80 bits per heavy atom. The number of hydrogen-bond donors (Lipinski definition) is 0. The smallest absolute Gasteiger partial charge is 0.268 e. The topological polar surface area (TPSA) is 55.8 Å². The Kier molecular flexibility index (Phi) is 4.90. The van der Waals surface area contributed by atoms with Crippen LogP contribution in [0.5, 0.6) is 11.5 Å². The van der Waals surface area contributed by atoms with Gasteiger partial charge in [-0.15, -0.1) is 0 Å². The normalized spacial score (nSPS) is 16.6. The standard InChI is InChI=1S/C19H23NO4S/c1-4-23-16-10-11-18(24-5-2)19(13-16)25(21,22)20-14(3)12-15-8-6-7-9-17(15)20/h6-11,13-14H,4-5,12H2,1-3H3/t14-/m0/s1. The molecule has 0 aliphatic carbocycles. The molecule has 1 heterocycles. The number of benzene rings is 2. The number of fused-ring (bicyclic) bond motifs is 1. The predicted molar refractivity (Wildman–Crippen MR) is 98.1 cm³/mol. The second-order valence-electron chi connectivity index (χ2n) is 5.96. The molecule has 2 aromatic rings. The highest BCUT2D eigenvalue weighted by Crippen LogP contribution is 2.39. The lowest BCUT2D eigenvalue weighted by atomic mass is 10.1. The fourth-order valence-corrected chi connectivity index (χ4v) is 5.07. The molecule has 0 saturated carbocycles. The zero-order valence-electron chi connectivity index (χ0n) is 14.7. The maximum Gasteiger partial charge on any atom is 0.268 e. The molecule has 0 spiro atoms. The largest absolute Gasteiger partial charge is 0.494 e. The summed E-state index contributed by atoms with van der Waals surface area (Å²) in [6.07, 6.45) is 0.699. The van der Waals surface area contributed by atoms with E-state index in [0.29, 0.717) is 31.1 Å². The third kappa shape index (κ3) is 3.18. The molecular formula is C19H23NO4S. The molecule has 1 atom stereocenters. The quantitative estimate of drug-likeness (QED) is 0.788. The first-order valence-corrected chi connectivity index (χ1v) is 9.95. The Hall–Kier alpha value is -2.21. The maximum absolute atomic E-state index is 13.5. The summed E-state index contributed by atoms with van der Waals surface area (Å²) in [7, 11) is -3.77. The van der Waals surface area contributed by atoms with Gasteiger partial charge in [0.25, 0.3) is 10.0 Å². The second-order valence-corrected chi connectivity index (χ2v) is 7.74. The van der Waals surface area contributed by atoms with Crippen LogP contribution >= 0.6 is 0 Å². The van der Waals surface area contributed by atoms with Crippen LogP contribution in [0.2, 0.25) is 0 Å². The van der Waals surface area contributed by atoms with Crippen LogP contribution in [0, 0.1) is 0 Å². The Morgan fingerprint density at radius 3 is 2.52 bits per heavy atom. The maximum atomic E-state index is 13.5. The molecule has 3 rings (SSSR count). The second kappa shape index (κ2) is 6.96. The minimum absolute atomic E-state index is 0.142. The predicted octanol–water partition coefficient (Wildman–Crippen LogP) is 3.62. The van der Waals surface area contributed by atoms with Gasteiger partial charge in [0.2, 0.25) is 0 Å². The first kappa shape index (κ1) is 17.6. The number of rotatable bonds is 6. The van der Waals surface area contributed by atoms with Gasteiger partial charge in [-0.2, -0.15) is 0 Å². The van der Waals surface area contributed by atoms with Crippen molar-refractivity contribution in [2.24, 2.45) is 0 Å². The molecule has 0 fully saturated rings. The zero-order chi connectivity index (χ0) is 18.0. The minimum Gasteiger partial charge on any atom is -0.494 e. The fraction of sp³-hybridized carbons (Fsp3) is 0.368. The number of sulfonamides is 1. The molecule has 134 valence electrons. The average molecular weight is 361 g/mol. The van der Waals surface area contributed by atoms with Crippen LogP contribution in [-0.4, -0.2) is 27.7 Å². The van der Waals surface area contributed by atoms with Crippen molar-refractivity contribution in [2.75, 3.05) is 17.5 Å². The summed E-state index contributed by atoms with van der Waals surface area (Å²) in [5, 5.41) is 0. The van der Waals surface area contributed by atoms with Crippen LogP contribution in [-0.2, 0) is 16.4 Å². The number of ether oxygens (including phenoxy) is 2. The van der Waals surface area contributed by atoms with Crippen molar-refractivity contribution in [1.29, 1.82) is 0 Å². The van der Waals surface area contributed by atoms with Crippen molar-refractivity contribution in [1.82, 2.24) is 0 Å². The van der Waals surface area contributed by atoms with Gasteiger partial charge in [0.05, 0.1) is 18.9 Å². The van der Waals surface area contributed by atoms with Gasteiger partial charge >= 0.3 is 0 Å². The molecule has 0 aromatic heterocycles. The van der Waals surface area contributed by atoms with Gasteiger partial charge in [-0.05, 0) is 51.0 Å². The van der Waals surface area contributed by atoms with E-state index in [9.17, 15) is 8.42 Å². The SMILES string of the molecule is CCOc1ccc(OCC)c(S(=O)(=O)N2c3ccccc3C[C@@H]2C)c1. The fourth-order valence-electron chi connectivity index (χ4n) is 3.23. The van der Waals surface area contributed by atoms with Crippen LogP contribution in [0.25, 0.3) is 0 Å². The lowest BCUT2D eigenvalue weighted by Gasteiger charge is -2.25. The lowest BCUT2D eigenvalue weighted by molar-refractivity contribution is 0.322. The number of para-hydroxylation sites is 1. The molecule has 0 amide bonds. The molecule has 0 N–H and O–H groups in total.